The number of aromatic nitrogens is 4. The zero-order valence-electron chi connectivity index (χ0n) is 36.7. The van der Waals surface area contributed by atoms with E-state index in [1.165, 1.54) is 17.0 Å². The predicted molar refractivity (Wildman–Crippen MR) is 244 cm³/mol. The molecule has 0 bridgehead atoms. The Hall–Kier alpha value is -8.05. The van der Waals surface area contributed by atoms with Crippen LogP contribution in [-0.2, 0) is 38.9 Å². The minimum Gasteiger partial charge on any atom is -0.483 e. The lowest BCUT2D eigenvalue weighted by molar-refractivity contribution is -0.138. The first-order valence-electron chi connectivity index (χ1n) is 21.7. The Morgan fingerprint density at radius 3 is 2.44 bits per heavy atom. The summed E-state index contributed by atoms with van der Waals surface area (Å²) in [6.07, 6.45) is 0.554. The largest absolute Gasteiger partial charge is 0.483 e. The molecule has 68 heavy (non-hydrogen) atoms. The third-order valence-corrected chi connectivity index (χ3v) is 12.0. The Balaban J connectivity index is 0.00000203. The molecule has 3 aliphatic rings. The molecule has 17 nitrogen and oxygen atoms in total. The van der Waals surface area contributed by atoms with Gasteiger partial charge in [0.2, 0.25) is 17.7 Å². The number of carbonyl (C=O) groups excluding carboxylic acids is 5. The number of halogens is 3. The quantitative estimate of drug-likeness (QED) is 0.0842. The lowest BCUT2D eigenvalue weighted by atomic mass is 10.0. The first-order valence-corrected chi connectivity index (χ1v) is 21.7. The van der Waals surface area contributed by atoms with E-state index < -0.39 is 23.7 Å². The molecule has 0 radical (unpaired) electrons. The molecule has 1 atom stereocenters. The van der Waals surface area contributed by atoms with Crippen LogP contribution < -0.4 is 20.9 Å². The Labute approximate surface area is 386 Å². The minimum atomic E-state index is -4.45. The molecule has 350 valence electrons. The van der Waals surface area contributed by atoms with Gasteiger partial charge in [0.1, 0.15) is 11.9 Å². The van der Waals surface area contributed by atoms with Gasteiger partial charge in [-0.25, -0.2) is 4.98 Å². The standard InChI is InChI=1S/C47H43F3N10O5.CH2O2/c1-56-28-37-36-25-30(7-14-38(36)60(43(37)55-56)34-11-8-32(9-12-34)47(48,49)50)44(63)51-18-2-4-29-6-16-40(52-26-29)58-22-20-57(21-23-58)19-3-5-41(61)53-33-10-13-35-31(24-33)27-59(46(35)65)39-15-17-42(62)54-45(39)64;2-1-3/h6-14,16,24-26,28,39H,3,5,15,17-23,27H2,1H3,(H,51,63)(H,53,61)(H,54,62,64);1H,(H,2,3). The Kier molecular flexibility index (Phi) is 13.5. The summed E-state index contributed by atoms with van der Waals surface area (Å²) in [4.78, 5) is 81.9. The maximum atomic E-state index is 13.2. The van der Waals surface area contributed by atoms with Gasteiger partial charge in [-0.1, -0.05) is 11.8 Å². The van der Waals surface area contributed by atoms with E-state index in [1.807, 2.05) is 18.3 Å². The van der Waals surface area contributed by atoms with E-state index in [-0.39, 0.29) is 56.0 Å². The van der Waals surface area contributed by atoms with Crippen molar-refractivity contribution in [3.63, 3.8) is 0 Å². The molecule has 9 rings (SSSR count). The molecule has 2 saturated heterocycles. The zero-order chi connectivity index (χ0) is 48.1. The second-order valence-electron chi connectivity index (χ2n) is 16.4. The molecule has 1 unspecified atom stereocenters. The number of piperazine rings is 1. The molecule has 0 spiro atoms. The second-order valence-corrected chi connectivity index (χ2v) is 16.4. The van der Waals surface area contributed by atoms with Crippen LogP contribution in [-0.4, -0.2) is 116 Å². The van der Waals surface area contributed by atoms with Gasteiger partial charge in [0.15, 0.2) is 5.65 Å². The van der Waals surface area contributed by atoms with Crippen LogP contribution in [0.5, 0.6) is 0 Å². The second kappa shape index (κ2) is 19.8. The lowest BCUT2D eigenvalue weighted by Gasteiger charge is -2.35. The number of piperidine rings is 1. The lowest BCUT2D eigenvalue weighted by Crippen LogP contribution is -2.52. The van der Waals surface area contributed by atoms with Crippen molar-refractivity contribution in [3.8, 4) is 17.5 Å². The maximum Gasteiger partial charge on any atom is 0.416 e. The Morgan fingerprint density at radius 1 is 0.971 bits per heavy atom. The number of nitrogens with zero attached hydrogens (tertiary/aromatic N) is 7. The van der Waals surface area contributed by atoms with E-state index in [1.54, 1.807) is 58.9 Å². The molecular formula is C48H45F3N10O7. The number of benzene rings is 3. The van der Waals surface area contributed by atoms with Gasteiger partial charge in [-0.2, -0.15) is 18.3 Å². The van der Waals surface area contributed by atoms with Gasteiger partial charge < -0.3 is 25.5 Å². The first-order chi connectivity index (χ1) is 32.7. The number of pyridine rings is 1. The van der Waals surface area contributed by atoms with E-state index in [9.17, 15) is 37.1 Å². The molecule has 4 N–H and O–H groups in total. The molecule has 2 fully saturated rings. The number of hydrogen-bond donors (Lipinski definition) is 4. The highest BCUT2D eigenvalue weighted by Crippen LogP contribution is 2.35. The van der Waals surface area contributed by atoms with Crippen molar-refractivity contribution in [2.24, 2.45) is 7.05 Å². The summed E-state index contributed by atoms with van der Waals surface area (Å²) in [5.74, 6) is 5.36. The van der Waals surface area contributed by atoms with E-state index in [2.05, 4.69) is 47.7 Å². The number of anilines is 2. The minimum absolute atomic E-state index is 0.0976. The van der Waals surface area contributed by atoms with Crippen molar-refractivity contribution >= 4 is 69.4 Å². The van der Waals surface area contributed by atoms with Gasteiger partial charge >= 0.3 is 6.18 Å². The topological polar surface area (TPSA) is 204 Å². The van der Waals surface area contributed by atoms with Crippen molar-refractivity contribution in [1.82, 2.24) is 39.8 Å². The van der Waals surface area contributed by atoms with Crippen molar-refractivity contribution in [2.45, 2.75) is 44.4 Å². The van der Waals surface area contributed by atoms with Crippen LogP contribution >= 0.6 is 0 Å². The Bertz CT molecular complexity index is 2980. The molecule has 0 aliphatic carbocycles. The highest BCUT2D eigenvalue weighted by Gasteiger charge is 2.39. The van der Waals surface area contributed by atoms with Gasteiger partial charge in [-0.05, 0) is 97.7 Å². The molecular weight excluding hydrogens is 886 g/mol. The number of carbonyl (C=O) groups is 6. The summed E-state index contributed by atoms with van der Waals surface area (Å²) in [6, 6.07) is 18.3. The van der Waals surface area contributed by atoms with Gasteiger partial charge in [0, 0.05) is 104 Å². The molecule has 3 aromatic heterocycles. The fourth-order valence-electron chi connectivity index (χ4n) is 8.65. The summed E-state index contributed by atoms with van der Waals surface area (Å²) in [7, 11) is 1.76. The number of hydrogen-bond acceptors (Lipinski definition) is 10. The smallest absolute Gasteiger partial charge is 0.416 e. The average molecular weight is 931 g/mol. The summed E-state index contributed by atoms with van der Waals surface area (Å²) in [6.45, 7) is 4.04. The fourth-order valence-corrected chi connectivity index (χ4v) is 8.65. The van der Waals surface area contributed by atoms with Gasteiger partial charge in [0.05, 0.1) is 17.6 Å². The van der Waals surface area contributed by atoms with Crippen LogP contribution in [0.1, 0.15) is 63.1 Å². The van der Waals surface area contributed by atoms with Crippen molar-refractivity contribution < 1.29 is 47.0 Å². The summed E-state index contributed by atoms with van der Waals surface area (Å²) >= 11 is 0. The molecule has 0 saturated carbocycles. The highest BCUT2D eigenvalue weighted by molar-refractivity contribution is 6.11. The van der Waals surface area contributed by atoms with Crippen LogP contribution in [0, 0.1) is 11.8 Å². The summed E-state index contributed by atoms with van der Waals surface area (Å²) < 4.78 is 43.1. The molecule has 20 heteroatoms. The molecule has 5 amide bonds. The third-order valence-electron chi connectivity index (χ3n) is 12.0. The highest BCUT2D eigenvalue weighted by atomic mass is 19.4. The van der Waals surface area contributed by atoms with E-state index in [4.69, 9.17) is 9.90 Å². The number of imide groups is 1. The van der Waals surface area contributed by atoms with E-state index in [0.29, 0.717) is 52.1 Å². The zero-order valence-corrected chi connectivity index (χ0v) is 36.7. The van der Waals surface area contributed by atoms with Gasteiger partial charge in [-0.15, -0.1) is 0 Å². The number of rotatable bonds is 10. The van der Waals surface area contributed by atoms with Crippen LogP contribution in [0.4, 0.5) is 24.7 Å². The number of carboxylic acid groups (broad SMARTS) is 1. The van der Waals surface area contributed by atoms with Crippen LogP contribution in [0.15, 0.2) is 85.2 Å². The molecule has 3 aromatic carbocycles. The average Bonchev–Trinajstić information content (AvgIpc) is 3.95. The number of nitrogens with one attached hydrogen (secondary N) is 3. The third kappa shape index (κ3) is 10.2. The number of alkyl halides is 3. The number of fused-ring (bicyclic) bond motifs is 4. The number of aryl methyl sites for hydroxylation is 1. The van der Waals surface area contributed by atoms with Crippen LogP contribution in [0.2, 0.25) is 0 Å². The van der Waals surface area contributed by atoms with Crippen molar-refractivity contribution in [2.75, 3.05) is 49.5 Å². The van der Waals surface area contributed by atoms with E-state index in [0.717, 1.165) is 67.0 Å². The maximum absolute atomic E-state index is 13.2. The summed E-state index contributed by atoms with van der Waals surface area (Å²) in [5, 5.41) is 21.0. The van der Waals surface area contributed by atoms with Gasteiger partial charge in [0.25, 0.3) is 18.3 Å². The molecule has 6 heterocycles. The summed E-state index contributed by atoms with van der Waals surface area (Å²) in [5.41, 5.74) is 3.95. The normalized spacial score (nSPS) is 16.1. The molecule has 6 aromatic rings. The van der Waals surface area contributed by atoms with Crippen LogP contribution in [0.3, 0.4) is 0 Å². The Morgan fingerprint density at radius 2 is 1.74 bits per heavy atom. The molecule has 3 aliphatic heterocycles. The van der Waals surface area contributed by atoms with Crippen LogP contribution in [0.25, 0.3) is 27.6 Å². The van der Waals surface area contributed by atoms with Crippen molar-refractivity contribution in [1.29, 1.82) is 0 Å². The fraction of sp³-hybridized carbons (Fsp3) is 0.292. The SMILES string of the molecule is Cn1cc2c3cc(C(=O)NCC#Cc4ccc(N5CCN(CCCC(=O)Nc6ccc7c(c6)CN(C6CCC(=O)NC6=O)C7=O)CC5)nc4)ccc3n(-c3ccc(C(F)(F)F)cc3)c2n1.O=CO. The monoisotopic (exact) mass is 930 g/mol. The number of amides is 5. The van der Waals surface area contributed by atoms with Gasteiger partial charge in [-0.3, -0.25) is 48.2 Å². The first kappa shape index (κ1) is 46.5. The van der Waals surface area contributed by atoms with Crippen molar-refractivity contribution in [3.05, 3.63) is 113 Å². The van der Waals surface area contributed by atoms with E-state index >= 15 is 0 Å². The predicted octanol–water partition coefficient (Wildman–Crippen LogP) is 4.72.